The third-order valence-electron chi connectivity index (χ3n) is 2.59. The van der Waals surface area contributed by atoms with E-state index in [1.165, 1.54) is 0 Å². The third-order valence-corrected chi connectivity index (χ3v) is 3.23. The number of benzene rings is 2. The first kappa shape index (κ1) is 12.7. The van der Waals surface area contributed by atoms with E-state index in [1.54, 1.807) is 42.5 Å². The molecule has 0 heterocycles. The second-order valence-corrected chi connectivity index (χ2v) is 4.42. The molecule has 0 aliphatic carbocycles. The van der Waals surface area contributed by atoms with Crippen LogP contribution in [0.15, 0.2) is 54.6 Å². The maximum absolute atomic E-state index is 12.0. The summed E-state index contributed by atoms with van der Waals surface area (Å²) in [5.74, 6) is -0.939. The lowest BCUT2D eigenvalue weighted by Gasteiger charge is -2.02. The zero-order valence-corrected chi connectivity index (χ0v) is 11.2. The smallest absolute Gasteiger partial charge is 0.233 e. The van der Waals surface area contributed by atoms with Crippen molar-refractivity contribution >= 4 is 27.5 Å². The number of hydrogen-bond acceptors (Lipinski definition) is 2. The van der Waals surface area contributed by atoms with Gasteiger partial charge in [-0.2, -0.15) is 0 Å². The Morgan fingerprint density at radius 3 is 2.11 bits per heavy atom. The molecule has 2 nitrogen and oxygen atoms in total. The lowest BCUT2D eigenvalue weighted by Crippen LogP contribution is -2.14. The van der Waals surface area contributed by atoms with Crippen LogP contribution in [0.5, 0.6) is 0 Å². The molecule has 0 atom stereocenters. The molecular formula is C15H11BrO2. The highest BCUT2D eigenvalue weighted by molar-refractivity contribution is 9.08. The molecule has 0 radical (unpaired) electrons. The minimum atomic E-state index is -0.470. The summed E-state index contributed by atoms with van der Waals surface area (Å²) in [4.78, 5) is 24.0. The van der Waals surface area contributed by atoms with Gasteiger partial charge in [-0.15, -0.1) is 0 Å². The van der Waals surface area contributed by atoms with Crippen molar-refractivity contribution in [2.24, 2.45) is 0 Å². The largest absolute Gasteiger partial charge is 0.285 e. The Kier molecular flexibility index (Phi) is 4.05. The Morgan fingerprint density at radius 1 is 0.833 bits per heavy atom. The Hall–Kier alpha value is -1.74. The SMILES string of the molecule is O=C(C(=O)c1cccc(CBr)c1)c1ccccc1. The summed E-state index contributed by atoms with van der Waals surface area (Å²) in [6.07, 6.45) is 0. The molecule has 2 aromatic carbocycles. The van der Waals surface area contributed by atoms with Crippen LogP contribution in [-0.4, -0.2) is 11.6 Å². The van der Waals surface area contributed by atoms with Crippen LogP contribution in [0.2, 0.25) is 0 Å². The number of rotatable bonds is 4. The van der Waals surface area contributed by atoms with E-state index in [-0.39, 0.29) is 0 Å². The zero-order chi connectivity index (χ0) is 13.0. The number of alkyl halides is 1. The molecule has 2 rings (SSSR count). The van der Waals surface area contributed by atoms with Gasteiger partial charge in [-0.3, -0.25) is 9.59 Å². The summed E-state index contributed by atoms with van der Waals surface area (Å²) in [6, 6.07) is 15.7. The molecule has 2 aromatic rings. The summed E-state index contributed by atoms with van der Waals surface area (Å²) in [7, 11) is 0. The standard InChI is InChI=1S/C15H11BrO2/c16-10-11-5-4-8-13(9-11)15(18)14(17)12-6-2-1-3-7-12/h1-9H,10H2. The molecule has 0 fully saturated rings. The average molecular weight is 303 g/mol. The highest BCUT2D eigenvalue weighted by atomic mass is 79.9. The molecule has 3 heteroatoms. The minimum Gasteiger partial charge on any atom is -0.285 e. The van der Waals surface area contributed by atoms with E-state index in [0.717, 1.165) is 5.56 Å². The molecule has 0 amide bonds. The molecule has 0 N–H and O–H groups in total. The van der Waals surface area contributed by atoms with Crippen LogP contribution in [0, 0.1) is 0 Å². The summed E-state index contributed by atoms with van der Waals surface area (Å²) >= 11 is 3.33. The van der Waals surface area contributed by atoms with E-state index in [2.05, 4.69) is 15.9 Å². The van der Waals surface area contributed by atoms with Crippen LogP contribution in [0.3, 0.4) is 0 Å². The molecule has 0 aliphatic heterocycles. The fourth-order valence-electron chi connectivity index (χ4n) is 1.65. The normalized spacial score (nSPS) is 10.1. The molecule has 0 aromatic heterocycles. The van der Waals surface area contributed by atoms with Crippen LogP contribution < -0.4 is 0 Å². The summed E-state index contributed by atoms with van der Waals surface area (Å²) in [6.45, 7) is 0. The van der Waals surface area contributed by atoms with E-state index in [9.17, 15) is 9.59 Å². The molecule has 0 saturated heterocycles. The van der Waals surface area contributed by atoms with E-state index in [4.69, 9.17) is 0 Å². The highest BCUT2D eigenvalue weighted by Gasteiger charge is 2.17. The Labute approximate surface area is 114 Å². The maximum atomic E-state index is 12.0. The first-order chi connectivity index (χ1) is 8.72. The van der Waals surface area contributed by atoms with Gasteiger partial charge in [0.1, 0.15) is 0 Å². The maximum Gasteiger partial charge on any atom is 0.233 e. The monoisotopic (exact) mass is 302 g/mol. The van der Waals surface area contributed by atoms with E-state index < -0.39 is 11.6 Å². The van der Waals surface area contributed by atoms with Gasteiger partial charge in [0.15, 0.2) is 0 Å². The number of Topliss-reactive ketones (excluding diaryl/α,β-unsaturated/α-hetero) is 2. The topological polar surface area (TPSA) is 34.1 Å². The molecule has 0 spiro atoms. The van der Waals surface area contributed by atoms with Gasteiger partial charge in [0.05, 0.1) is 0 Å². The fourth-order valence-corrected chi connectivity index (χ4v) is 2.00. The van der Waals surface area contributed by atoms with E-state index in [1.807, 2.05) is 12.1 Å². The van der Waals surface area contributed by atoms with Crippen molar-refractivity contribution in [1.82, 2.24) is 0 Å². The number of carbonyl (C=O) groups is 2. The van der Waals surface area contributed by atoms with E-state index in [0.29, 0.717) is 16.5 Å². The van der Waals surface area contributed by atoms with Crippen LogP contribution >= 0.6 is 15.9 Å². The van der Waals surface area contributed by atoms with Crippen molar-refractivity contribution in [3.63, 3.8) is 0 Å². The second-order valence-electron chi connectivity index (χ2n) is 3.86. The van der Waals surface area contributed by atoms with Crippen molar-refractivity contribution < 1.29 is 9.59 Å². The number of ketones is 2. The van der Waals surface area contributed by atoms with Gasteiger partial charge in [0, 0.05) is 16.5 Å². The predicted octanol–water partition coefficient (Wildman–Crippen LogP) is 3.65. The summed E-state index contributed by atoms with van der Waals surface area (Å²) < 4.78 is 0. The Balaban J connectivity index is 2.29. The quantitative estimate of drug-likeness (QED) is 0.491. The van der Waals surface area contributed by atoms with Crippen molar-refractivity contribution in [2.45, 2.75) is 5.33 Å². The average Bonchev–Trinajstić information content (AvgIpc) is 2.46. The Morgan fingerprint density at radius 2 is 1.44 bits per heavy atom. The van der Waals surface area contributed by atoms with Gasteiger partial charge in [-0.1, -0.05) is 64.5 Å². The molecule has 90 valence electrons. The van der Waals surface area contributed by atoms with Crippen LogP contribution in [0.1, 0.15) is 26.3 Å². The van der Waals surface area contributed by atoms with Gasteiger partial charge in [0.2, 0.25) is 11.6 Å². The third kappa shape index (κ3) is 2.74. The number of carbonyl (C=O) groups excluding carboxylic acids is 2. The van der Waals surface area contributed by atoms with Crippen molar-refractivity contribution in [1.29, 1.82) is 0 Å². The van der Waals surface area contributed by atoms with Crippen LogP contribution in [-0.2, 0) is 5.33 Å². The zero-order valence-electron chi connectivity index (χ0n) is 9.60. The summed E-state index contributed by atoms with van der Waals surface area (Å²) in [5, 5.41) is 0.660. The van der Waals surface area contributed by atoms with Gasteiger partial charge >= 0.3 is 0 Å². The minimum absolute atomic E-state index is 0.423. The first-order valence-corrected chi connectivity index (χ1v) is 6.63. The Bertz CT molecular complexity index is 576. The molecule has 0 unspecified atom stereocenters. The van der Waals surface area contributed by atoms with Gasteiger partial charge in [-0.25, -0.2) is 0 Å². The van der Waals surface area contributed by atoms with Crippen molar-refractivity contribution in [2.75, 3.05) is 0 Å². The van der Waals surface area contributed by atoms with Crippen LogP contribution in [0.25, 0.3) is 0 Å². The lowest BCUT2D eigenvalue weighted by molar-refractivity contribution is 0.0817. The van der Waals surface area contributed by atoms with Crippen LogP contribution in [0.4, 0.5) is 0 Å². The van der Waals surface area contributed by atoms with Gasteiger partial charge in [0.25, 0.3) is 0 Å². The van der Waals surface area contributed by atoms with Gasteiger partial charge in [-0.05, 0) is 11.6 Å². The number of halogens is 1. The second kappa shape index (κ2) is 5.74. The van der Waals surface area contributed by atoms with E-state index >= 15 is 0 Å². The molecular weight excluding hydrogens is 292 g/mol. The summed E-state index contributed by atoms with van der Waals surface area (Å²) in [5.41, 5.74) is 1.83. The molecule has 0 bridgehead atoms. The number of hydrogen-bond donors (Lipinski definition) is 0. The molecule has 18 heavy (non-hydrogen) atoms. The van der Waals surface area contributed by atoms with Gasteiger partial charge < -0.3 is 0 Å². The molecule has 0 aliphatic rings. The first-order valence-electron chi connectivity index (χ1n) is 5.51. The van der Waals surface area contributed by atoms with Crippen molar-refractivity contribution in [3.8, 4) is 0 Å². The predicted molar refractivity (Wildman–Crippen MR) is 74.2 cm³/mol. The molecule has 0 saturated carbocycles. The van der Waals surface area contributed by atoms with Crippen molar-refractivity contribution in [3.05, 3.63) is 71.3 Å². The fraction of sp³-hybridized carbons (Fsp3) is 0.0667. The highest BCUT2D eigenvalue weighted by Crippen LogP contribution is 2.12. The lowest BCUT2D eigenvalue weighted by atomic mass is 10.0.